The van der Waals surface area contributed by atoms with Gasteiger partial charge in [-0.1, -0.05) is 6.92 Å². The van der Waals surface area contributed by atoms with E-state index < -0.39 is 5.54 Å². The lowest BCUT2D eigenvalue weighted by Crippen LogP contribution is -2.63. The number of hydrogen-bond donors (Lipinski definition) is 1. The number of carbonyl (C=O) groups excluding carboxylic acids is 1. The third-order valence-corrected chi connectivity index (χ3v) is 3.65. The first kappa shape index (κ1) is 15.4. The van der Waals surface area contributed by atoms with Crippen LogP contribution in [0.25, 0.3) is 0 Å². The van der Waals surface area contributed by atoms with Gasteiger partial charge in [0.05, 0.1) is 5.54 Å². The highest BCUT2D eigenvalue weighted by molar-refractivity contribution is 5.85. The molecular formula is C14H29N3O. The van der Waals surface area contributed by atoms with Crippen molar-refractivity contribution in [3.8, 4) is 0 Å². The maximum absolute atomic E-state index is 12.2. The molecule has 1 atom stereocenters. The number of hydrogen-bond acceptors (Lipinski definition) is 3. The number of carbonyl (C=O) groups is 1. The topological polar surface area (TPSA) is 49.6 Å². The van der Waals surface area contributed by atoms with Gasteiger partial charge in [-0.3, -0.25) is 9.69 Å². The van der Waals surface area contributed by atoms with E-state index in [-0.39, 0.29) is 11.4 Å². The molecule has 0 bridgehead atoms. The van der Waals surface area contributed by atoms with Crippen LogP contribution in [0.4, 0.5) is 0 Å². The summed E-state index contributed by atoms with van der Waals surface area (Å²) in [5.41, 5.74) is 5.31. The van der Waals surface area contributed by atoms with Gasteiger partial charge in [-0.15, -0.1) is 0 Å². The summed E-state index contributed by atoms with van der Waals surface area (Å²) in [5, 5.41) is 0. The minimum Gasteiger partial charge on any atom is -0.338 e. The average Bonchev–Trinajstić information content (AvgIpc) is 2.24. The molecule has 0 aromatic rings. The Hall–Kier alpha value is -0.610. The molecule has 1 fully saturated rings. The largest absolute Gasteiger partial charge is 0.338 e. The Morgan fingerprint density at radius 2 is 1.78 bits per heavy atom. The second-order valence-corrected chi connectivity index (χ2v) is 6.90. The van der Waals surface area contributed by atoms with E-state index >= 15 is 0 Å². The predicted molar refractivity (Wildman–Crippen MR) is 75.4 cm³/mol. The maximum Gasteiger partial charge on any atom is 0.242 e. The quantitative estimate of drug-likeness (QED) is 0.812. The number of nitrogens with two attached hydrogens (primary N) is 1. The van der Waals surface area contributed by atoms with Crippen LogP contribution in [0.1, 0.15) is 48.0 Å². The molecule has 4 nitrogen and oxygen atoms in total. The first-order chi connectivity index (χ1) is 8.07. The summed E-state index contributed by atoms with van der Waals surface area (Å²) < 4.78 is 0. The Kier molecular flexibility index (Phi) is 4.44. The average molecular weight is 255 g/mol. The zero-order valence-electron chi connectivity index (χ0n) is 12.8. The van der Waals surface area contributed by atoms with Gasteiger partial charge in [-0.05, 0) is 41.0 Å². The van der Waals surface area contributed by atoms with Crippen molar-refractivity contribution in [2.24, 2.45) is 5.73 Å². The standard InChI is InChI=1S/C14H29N3O/c1-7-11-10-16(12(18)14(5,6)15)8-9-17(11)13(2,3)4/h11H,7-10,15H2,1-6H3. The highest BCUT2D eigenvalue weighted by Crippen LogP contribution is 2.23. The van der Waals surface area contributed by atoms with E-state index in [1.807, 2.05) is 4.90 Å². The summed E-state index contributed by atoms with van der Waals surface area (Å²) in [7, 11) is 0. The van der Waals surface area contributed by atoms with E-state index in [0.29, 0.717) is 6.04 Å². The Bertz CT molecular complexity index is 301. The van der Waals surface area contributed by atoms with Crippen molar-refractivity contribution in [2.75, 3.05) is 19.6 Å². The van der Waals surface area contributed by atoms with Crippen LogP contribution >= 0.6 is 0 Å². The molecule has 1 unspecified atom stereocenters. The van der Waals surface area contributed by atoms with E-state index in [1.54, 1.807) is 13.8 Å². The van der Waals surface area contributed by atoms with Crippen molar-refractivity contribution in [1.82, 2.24) is 9.80 Å². The minimum absolute atomic E-state index is 0.0644. The molecule has 1 aliphatic heterocycles. The molecular weight excluding hydrogens is 226 g/mol. The SMILES string of the molecule is CCC1CN(C(=O)C(C)(C)N)CCN1C(C)(C)C. The van der Waals surface area contributed by atoms with Crippen LogP contribution in [0, 0.1) is 0 Å². The maximum atomic E-state index is 12.2. The Balaban J connectivity index is 2.76. The van der Waals surface area contributed by atoms with Gasteiger partial charge in [-0.2, -0.15) is 0 Å². The van der Waals surface area contributed by atoms with Gasteiger partial charge in [-0.25, -0.2) is 0 Å². The molecule has 1 amide bonds. The number of rotatable bonds is 2. The lowest BCUT2D eigenvalue weighted by Gasteiger charge is -2.48. The van der Waals surface area contributed by atoms with Crippen LogP contribution < -0.4 is 5.73 Å². The second kappa shape index (κ2) is 5.17. The van der Waals surface area contributed by atoms with E-state index in [2.05, 4.69) is 32.6 Å². The van der Waals surface area contributed by atoms with Crippen molar-refractivity contribution >= 4 is 5.91 Å². The molecule has 0 radical (unpaired) electrons. The third-order valence-electron chi connectivity index (χ3n) is 3.65. The molecule has 0 aromatic carbocycles. The summed E-state index contributed by atoms with van der Waals surface area (Å²) in [4.78, 5) is 16.6. The fraction of sp³-hybridized carbons (Fsp3) is 0.929. The van der Waals surface area contributed by atoms with Gasteiger partial charge in [0.2, 0.25) is 5.91 Å². The summed E-state index contributed by atoms with van der Waals surface area (Å²) in [6.45, 7) is 15.0. The van der Waals surface area contributed by atoms with E-state index in [0.717, 1.165) is 26.1 Å². The van der Waals surface area contributed by atoms with Crippen LogP contribution in [0.2, 0.25) is 0 Å². The van der Waals surface area contributed by atoms with Gasteiger partial charge in [0.1, 0.15) is 0 Å². The molecule has 0 aliphatic carbocycles. The van der Waals surface area contributed by atoms with Crippen LogP contribution in [0.3, 0.4) is 0 Å². The minimum atomic E-state index is -0.762. The van der Waals surface area contributed by atoms with Crippen LogP contribution in [-0.4, -0.2) is 52.5 Å². The Labute approximate surface area is 111 Å². The lowest BCUT2D eigenvalue weighted by atomic mass is 9.97. The normalized spacial score (nSPS) is 23.3. The van der Waals surface area contributed by atoms with E-state index in [1.165, 1.54) is 0 Å². The first-order valence-electron chi connectivity index (χ1n) is 6.92. The fourth-order valence-corrected chi connectivity index (χ4v) is 2.68. The van der Waals surface area contributed by atoms with Crippen LogP contribution in [0.5, 0.6) is 0 Å². The molecule has 1 saturated heterocycles. The van der Waals surface area contributed by atoms with Gasteiger partial charge in [0.25, 0.3) is 0 Å². The lowest BCUT2D eigenvalue weighted by molar-refractivity contribution is -0.140. The third kappa shape index (κ3) is 3.45. The molecule has 18 heavy (non-hydrogen) atoms. The zero-order chi connectivity index (χ0) is 14.1. The van der Waals surface area contributed by atoms with Crippen LogP contribution in [-0.2, 0) is 4.79 Å². The summed E-state index contributed by atoms with van der Waals surface area (Å²) in [6.07, 6.45) is 1.06. The van der Waals surface area contributed by atoms with Gasteiger partial charge in [0, 0.05) is 31.2 Å². The highest BCUT2D eigenvalue weighted by atomic mass is 16.2. The van der Waals surface area contributed by atoms with Crippen molar-refractivity contribution in [3.05, 3.63) is 0 Å². The van der Waals surface area contributed by atoms with E-state index in [9.17, 15) is 4.79 Å². The molecule has 1 rings (SSSR count). The van der Waals surface area contributed by atoms with E-state index in [4.69, 9.17) is 5.73 Å². The summed E-state index contributed by atoms with van der Waals surface area (Å²) in [6, 6.07) is 0.435. The number of piperazine rings is 1. The number of amides is 1. The van der Waals surface area contributed by atoms with Crippen molar-refractivity contribution in [3.63, 3.8) is 0 Å². The molecule has 2 N–H and O–H groups in total. The number of nitrogens with zero attached hydrogens (tertiary/aromatic N) is 2. The van der Waals surface area contributed by atoms with Crippen molar-refractivity contribution < 1.29 is 4.79 Å². The van der Waals surface area contributed by atoms with Crippen molar-refractivity contribution in [2.45, 2.75) is 65.1 Å². The van der Waals surface area contributed by atoms with Gasteiger partial charge in [0.15, 0.2) is 0 Å². The van der Waals surface area contributed by atoms with Crippen molar-refractivity contribution in [1.29, 1.82) is 0 Å². The first-order valence-corrected chi connectivity index (χ1v) is 6.92. The zero-order valence-corrected chi connectivity index (χ0v) is 12.8. The summed E-state index contributed by atoms with van der Waals surface area (Å²) in [5.74, 6) is 0.0644. The molecule has 106 valence electrons. The molecule has 1 heterocycles. The van der Waals surface area contributed by atoms with Gasteiger partial charge < -0.3 is 10.6 Å². The van der Waals surface area contributed by atoms with Gasteiger partial charge >= 0.3 is 0 Å². The highest BCUT2D eigenvalue weighted by Gasteiger charge is 2.37. The predicted octanol–water partition coefficient (Wildman–Crippen LogP) is 1.45. The molecule has 0 spiro atoms. The molecule has 0 saturated carbocycles. The summed E-state index contributed by atoms with van der Waals surface area (Å²) >= 11 is 0. The van der Waals surface area contributed by atoms with Crippen LogP contribution in [0.15, 0.2) is 0 Å². The monoisotopic (exact) mass is 255 g/mol. The molecule has 4 heteroatoms. The molecule has 1 aliphatic rings. The Morgan fingerprint density at radius 3 is 2.17 bits per heavy atom. The Morgan fingerprint density at radius 1 is 1.22 bits per heavy atom. The molecule has 0 aromatic heterocycles. The smallest absolute Gasteiger partial charge is 0.242 e. The second-order valence-electron chi connectivity index (χ2n) is 6.90. The fourth-order valence-electron chi connectivity index (χ4n) is 2.68.